The molecule has 0 bridgehead atoms. The van der Waals surface area contributed by atoms with Gasteiger partial charge < -0.3 is 4.74 Å². The fraction of sp³-hybridized carbons (Fsp3) is 0.556. The number of alkyl halides is 3. The molecule has 0 amide bonds. The largest absolute Gasteiger partial charge is 0.411 e. The van der Waals surface area contributed by atoms with Crippen LogP contribution in [0.25, 0.3) is 0 Å². The predicted octanol–water partition coefficient (Wildman–Crippen LogP) is 1.85. The number of carbonyl (C=O) groups excluding carboxylic acids is 1. The average Bonchev–Trinajstić information content (AvgIpc) is 2.40. The highest BCUT2D eigenvalue weighted by atomic mass is 19.4. The molecule has 7 heteroatoms. The fourth-order valence-corrected chi connectivity index (χ4v) is 1.25. The first kappa shape index (κ1) is 12.7. The molecule has 0 aliphatic heterocycles. The second-order valence-electron chi connectivity index (χ2n) is 3.29. The Morgan fingerprint density at radius 2 is 2.06 bits per heavy atom. The molecule has 0 fully saturated rings. The van der Waals surface area contributed by atoms with Crippen molar-refractivity contribution in [3.63, 3.8) is 0 Å². The highest BCUT2D eigenvalue weighted by Gasteiger charge is 2.27. The summed E-state index contributed by atoms with van der Waals surface area (Å²) < 4.78 is 41.1. The lowest BCUT2D eigenvalue weighted by Crippen LogP contribution is -2.19. The molecule has 0 saturated heterocycles. The van der Waals surface area contributed by atoms with E-state index < -0.39 is 12.8 Å². The Bertz CT molecular complexity index is 385. The van der Waals surface area contributed by atoms with Crippen molar-refractivity contribution in [3.05, 3.63) is 17.0 Å². The number of aryl methyl sites for hydroxylation is 1. The lowest BCUT2D eigenvalue weighted by atomic mass is 10.2. The lowest BCUT2D eigenvalue weighted by Gasteiger charge is -2.08. The van der Waals surface area contributed by atoms with Crippen molar-refractivity contribution < 1.29 is 22.7 Å². The summed E-state index contributed by atoms with van der Waals surface area (Å²) in [5.41, 5.74) is 1.35. The van der Waals surface area contributed by atoms with Gasteiger partial charge in [0.05, 0.1) is 11.3 Å². The minimum absolute atomic E-state index is 0.319. The molecule has 1 aromatic rings. The predicted molar refractivity (Wildman–Crippen MR) is 49.1 cm³/mol. The molecule has 1 aromatic heterocycles. The molecule has 0 radical (unpaired) electrons. The molecule has 0 N–H and O–H groups in total. The third-order valence-electron chi connectivity index (χ3n) is 2.03. The Balaban J connectivity index is 2.65. The van der Waals surface area contributed by atoms with Crippen molar-refractivity contribution in [2.45, 2.75) is 26.8 Å². The number of nitrogens with zero attached hydrogens (tertiary/aromatic N) is 2. The maximum Gasteiger partial charge on any atom is 0.411 e. The van der Waals surface area contributed by atoms with Crippen LogP contribution in [0.4, 0.5) is 13.2 Å². The molecule has 0 atom stereocenters. The summed E-state index contributed by atoms with van der Waals surface area (Å²) in [6.45, 7) is 1.56. The summed E-state index contributed by atoms with van der Waals surface area (Å²) in [5.74, 6) is 0. The molecular formula is C9H11F3N2O2. The molecule has 90 valence electrons. The summed E-state index contributed by atoms with van der Waals surface area (Å²) in [6.07, 6.45) is -3.73. The zero-order valence-electron chi connectivity index (χ0n) is 8.84. The molecule has 0 aliphatic carbocycles. The van der Waals surface area contributed by atoms with Crippen LogP contribution in [0.1, 0.15) is 21.7 Å². The van der Waals surface area contributed by atoms with Crippen molar-refractivity contribution in [2.24, 2.45) is 0 Å². The minimum Gasteiger partial charge on any atom is -0.350 e. The monoisotopic (exact) mass is 236 g/mol. The van der Waals surface area contributed by atoms with Crippen molar-refractivity contribution in [2.75, 3.05) is 6.61 Å². The fourth-order valence-electron chi connectivity index (χ4n) is 1.25. The number of ether oxygens (including phenoxy) is 1. The first-order chi connectivity index (χ1) is 7.35. The van der Waals surface area contributed by atoms with Crippen molar-refractivity contribution in [3.8, 4) is 0 Å². The van der Waals surface area contributed by atoms with Gasteiger partial charge in [-0.25, -0.2) is 4.68 Å². The van der Waals surface area contributed by atoms with Crippen LogP contribution in [0.2, 0.25) is 0 Å². The van der Waals surface area contributed by atoms with Crippen molar-refractivity contribution >= 4 is 6.29 Å². The molecule has 0 spiro atoms. The van der Waals surface area contributed by atoms with E-state index in [0.29, 0.717) is 23.2 Å². The lowest BCUT2D eigenvalue weighted by molar-refractivity contribution is -0.182. The highest BCUT2D eigenvalue weighted by Crippen LogP contribution is 2.15. The van der Waals surface area contributed by atoms with Crippen LogP contribution >= 0.6 is 0 Å². The molecule has 1 heterocycles. The Morgan fingerprint density at radius 1 is 1.44 bits per heavy atom. The second-order valence-corrected chi connectivity index (χ2v) is 3.29. The van der Waals surface area contributed by atoms with Gasteiger partial charge in [0.25, 0.3) is 0 Å². The molecule has 4 nitrogen and oxygen atoms in total. The number of hydrogen-bond acceptors (Lipinski definition) is 3. The molecule has 0 aliphatic rings. The Kier molecular flexibility index (Phi) is 3.69. The van der Waals surface area contributed by atoms with E-state index >= 15 is 0 Å². The van der Waals surface area contributed by atoms with Gasteiger partial charge in [0, 0.05) is 5.69 Å². The quantitative estimate of drug-likeness (QED) is 0.749. The van der Waals surface area contributed by atoms with Gasteiger partial charge in [-0.05, 0) is 13.8 Å². The van der Waals surface area contributed by atoms with Crippen molar-refractivity contribution in [1.29, 1.82) is 0 Å². The zero-order valence-corrected chi connectivity index (χ0v) is 8.84. The van der Waals surface area contributed by atoms with Gasteiger partial charge in [-0.2, -0.15) is 18.3 Å². The van der Waals surface area contributed by atoms with E-state index in [9.17, 15) is 18.0 Å². The molecule has 0 aromatic carbocycles. The van der Waals surface area contributed by atoms with E-state index in [0.717, 1.165) is 0 Å². The van der Waals surface area contributed by atoms with Crippen LogP contribution in [-0.2, 0) is 11.5 Å². The SMILES string of the molecule is Cc1nn(COCC(F)(F)F)c(C)c1C=O. The summed E-state index contributed by atoms with van der Waals surface area (Å²) >= 11 is 0. The van der Waals surface area contributed by atoms with E-state index in [1.54, 1.807) is 13.8 Å². The van der Waals surface area contributed by atoms with E-state index in [1.165, 1.54) is 4.68 Å². The third kappa shape index (κ3) is 3.06. The number of aldehydes is 1. The normalized spacial score (nSPS) is 11.8. The maximum atomic E-state index is 11.8. The Labute approximate surface area is 90.0 Å². The van der Waals surface area contributed by atoms with Gasteiger partial charge in [0.2, 0.25) is 0 Å². The molecule has 0 unspecified atom stereocenters. The first-order valence-corrected chi connectivity index (χ1v) is 4.49. The van der Waals surface area contributed by atoms with Crippen LogP contribution in [0.15, 0.2) is 0 Å². The van der Waals surface area contributed by atoms with Gasteiger partial charge in [-0.15, -0.1) is 0 Å². The first-order valence-electron chi connectivity index (χ1n) is 4.49. The van der Waals surface area contributed by atoms with Crippen LogP contribution in [0.5, 0.6) is 0 Å². The van der Waals surface area contributed by atoms with Crippen LogP contribution in [0.3, 0.4) is 0 Å². The summed E-state index contributed by atoms with van der Waals surface area (Å²) in [6, 6.07) is 0. The molecule has 16 heavy (non-hydrogen) atoms. The summed E-state index contributed by atoms with van der Waals surface area (Å²) in [5, 5.41) is 3.89. The van der Waals surface area contributed by atoms with Gasteiger partial charge in [0.15, 0.2) is 6.29 Å². The minimum atomic E-state index is -4.36. The topological polar surface area (TPSA) is 44.1 Å². The van der Waals surface area contributed by atoms with Crippen LogP contribution in [0, 0.1) is 13.8 Å². The van der Waals surface area contributed by atoms with E-state index in [-0.39, 0.29) is 6.73 Å². The molecule has 1 rings (SSSR count). The number of hydrogen-bond donors (Lipinski definition) is 0. The van der Waals surface area contributed by atoms with E-state index in [2.05, 4.69) is 9.84 Å². The number of aromatic nitrogens is 2. The zero-order chi connectivity index (χ0) is 12.3. The smallest absolute Gasteiger partial charge is 0.350 e. The molecule has 0 saturated carbocycles. The van der Waals surface area contributed by atoms with Gasteiger partial charge in [-0.1, -0.05) is 0 Å². The standard InChI is InChI=1S/C9H11F3N2O2/c1-6-8(3-15)7(2)14(13-6)5-16-4-9(10,11)12/h3H,4-5H2,1-2H3. The Morgan fingerprint density at radius 3 is 2.50 bits per heavy atom. The number of halogens is 3. The van der Waals surface area contributed by atoms with Gasteiger partial charge in [0.1, 0.15) is 13.3 Å². The second kappa shape index (κ2) is 4.65. The summed E-state index contributed by atoms with van der Waals surface area (Å²) in [4.78, 5) is 10.6. The van der Waals surface area contributed by atoms with Gasteiger partial charge >= 0.3 is 6.18 Å². The highest BCUT2D eigenvalue weighted by molar-refractivity contribution is 5.77. The van der Waals surface area contributed by atoms with Crippen molar-refractivity contribution in [1.82, 2.24) is 9.78 Å². The molecular weight excluding hydrogens is 225 g/mol. The third-order valence-corrected chi connectivity index (χ3v) is 2.03. The maximum absolute atomic E-state index is 11.8. The average molecular weight is 236 g/mol. The number of rotatable bonds is 4. The van der Waals surface area contributed by atoms with Gasteiger partial charge in [-0.3, -0.25) is 4.79 Å². The van der Waals surface area contributed by atoms with E-state index in [4.69, 9.17) is 0 Å². The summed E-state index contributed by atoms with van der Waals surface area (Å²) in [7, 11) is 0. The van der Waals surface area contributed by atoms with E-state index in [1.807, 2.05) is 0 Å². The Hall–Kier alpha value is -1.37. The van der Waals surface area contributed by atoms with Crippen LogP contribution in [-0.4, -0.2) is 28.8 Å². The van der Waals surface area contributed by atoms with Crippen LogP contribution < -0.4 is 0 Å². The number of carbonyl (C=O) groups is 1.